The van der Waals surface area contributed by atoms with Crippen LogP contribution in [0.25, 0.3) is 11.6 Å². The first-order valence-electron chi connectivity index (χ1n) is 8.74. The Labute approximate surface area is 139 Å². The summed E-state index contributed by atoms with van der Waals surface area (Å²) in [5, 5.41) is 0. The Morgan fingerprint density at radius 1 is 1.04 bits per heavy atom. The van der Waals surface area contributed by atoms with Gasteiger partial charge in [-0.2, -0.15) is 0 Å². The molecule has 2 aromatic rings. The van der Waals surface area contributed by atoms with Crippen LogP contribution in [0.3, 0.4) is 0 Å². The second kappa shape index (κ2) is 5.84. The van der Waals surface area contributed by atoms with Gasteiger partial charge in [0.25, 0.3) is 0 Å². The first-order valence-corrected chi connectivity index (χ1v) is 8.74. The molecule has 0 saturated heterocycles. The third-order valence-corrected chi connectivity index (χ3v) is 5.22. The number of aromatic nitrogens is 1. The highest BCUT2D eigenvalue weighted by molar-refractivity contribution is 5.84. The zero-order valence-corrected chi connectivity index (χ0v) is 14.2. The normalized spacial score (nSPS) is 18.7. The minimum Gasteiger partial charge on any atom is -0.374 e. The molecule has 23 heavy (non-hydrogen) atoms. The fourth-order valence-corrected chi connectivity index (χ4v) is 4.02. The molecule has 2 nitrogen and oxygen atoms in total. The SMILES string of the molecule is CN1CCCc2cc(/C=C3\CCCc4c[n+](C)ccc43)ccc21. The van der Waals surface area contributed by atoms with E-state index in [4.69, 9.17) is 0 Å². The van der Waals surface area contributed by atoms with E-state index in [1.165, 1.54) is 72.2 Å². The van der Waals surface area contributed by atoms with Gasteiger partial charge in [-0.25, -0.2) is 4.57 Å². The molecule has 0 N–H and O–H groups in total. The lowest BCUT2D eigenvalue weighted by Gasteiger charge is -2.27. The standard InChI is InChI=1S/C21H25N2/c1-22-12-10-20-17(5-3-6-19(20)15-22)13-16-8-9-21-18(14-16)7-4-11-23(21)2/h8-10,12-15H,3-7,11H2,1-2H3/q+1. The van der Waals surface area contributed by atoms with E-state index in [9.17, 15) is 0 Å². The maximum Gasteiger partial charge on any atom is 0.172 e. The Balaban J connectivity index is 1.72. The molecule has 0 amide bonds. The molecule has 0 unspecified atom stereocenters. The van der Waals surface area contributed by atoms with Crippen LogP contribution in [0.4, 0.5) is 5.69 Å². The van der Waals surface area contributed by atoms with E-state index < -0.39 is 0 Å². The van der Waals surface area contributed by atoms with Crippen molar-refractivity contribution < 1.29 is 4.57 Å². The van der Waals surface area contributed by atoms with Gasteiger partial charge in [0, 0.05) is 30.9 Å². The van der Waals surface area contributed by atoms with Crippen LogP contribution in [-0.4, -0.2) is 13.6 Å². The average Bonchev–Trinajstić information content (AvgIpc) is 2.55. The van der Waals surface area contributed by atoms with Crippen molar-refractivity contribution in [3.8, 4) is 0 Å². The molecular weight excluding hydrogens is 280 g/mol. The molecule has 118 valence electrons. The maximum absolute atomic E-state index is 2.41. The highest BCUT2D eigenvalue weighted by atomic mass is 15.1. The summed E-state index contributed by atoms with van der Waals surface area (Å²) in [4.78, 5) is 2.38. The largest absolute Gasteiger partial charge is 0.374 e. The molecule has 2 heteroatoms. The van der Waals surface area contributed by atoms with Crippen molar-refractivity contribution in [2.75, 3.05) is 18.5 Å². The fourth-order valence-electron chi connectivity index (χ4n) is 4.02. The molecule has 0 fully saturated rings. The Hall–Kier alpha value is -2.09. The second-order valence-corrected chi connectivity index (χ2v) is 6.99. The molecule has 1 aliphatic carbocycles. The second-order valence-electron chi connectivity index (χ2n) is 6.99. The monoisotopic (exact) mass is 305 g/mol. The summed E-state index contributed by atoms with van der Waals surface area (Å²) in [6, 6.07) is 9.27. The number of pyridine rings is 1. The van der Waals surface area contributed by atoms with Gasteiger partial charge < -0.3 is 4.90 Å². The van der Waals surface area contributed by atoms with Gasteiger partial charge in [-0.05, 0) is 66.5 Å². The number of allylic oxidation sites excluding steroid dienone is 1. The predicted molar refractivity (Wildman–Crippen MR) is 96.5 cm³/mol. The Kier molecular flexibility index (Phi) is 3.68. The molecule has 4 rings (SSSR count). The number of benzene rings is 1. The highest BCUT2D eigenvalue weighted by Crippen LogP contribution is 2.33. The van der Waals surface area contributed by atoms with Crippen molar-refractivity contribution in [1.82, 2.24) is 0 Å². The molecule has 1 aromatic heterocycles. The summed E-state index contributed by atoms with van der Waals surface area (Å²) in [5.74, 6) is 0. The van der Waals surface area contributed by atoms with Gasteiger partial charge in [-0.1, -0.05) is 12.1 Å². The molecular formula is C21H25N2+. The van der Waals surface area contributed by atoms with E-state index in [-0.39, 0.29) is 0 Å². The molecule has 1 aliphatic heterocycles. The van der Waals surface area contributed by atoms with Gasteiger partial charge in [0.15, 0.2) is 12.4 Å². The van der Waals surface area contributed by atoms with Crippen LogP contribution in [0.1, 0.15) is 41.5 Å². The zero-order chi connectivity index (χ0) is 15.8. The fraction of sp³-hybridized carbons (Fsp3) is 0.381. The first kappa shape index (κ1) is 14.5. The lowest BCUT2D eigenvalue weighted by molar-refractivity contribution is -0.672. The summed E-state index contributed by atoms with van der Waals surface area (Å²) in [6.45, 7) is 1.18. The van der Waals surface area contributed by atoms with E-state index in [2.05, 4.69) is 66.3 Å². The van der Waals surface area contributed by atoms with Gasteiger partial charge in [0.2, 0.25) is 0 Å². The summed E-state index contributed by atoms with van der Waals surface area (Å²) < 4.78 is 2.16. The van der Waals surface area contributed by atoms with Crippen molar-refractivity contribution in [3.63, 3.8) is 0 Å². The van der Waals surface area contributed by atoms with E-state index in [0.29, 0.717) is 0 Å². The van der Waals surface area contributed by atoms with E-state index in [1.54, 1.807) is 0 Å². The highest BCUT2D eigenvalue weighted by Gasteiger charge is 2.17. The van der Waals surface area contributed by atoms with Crippen LogP contribution in [0.15, 0.2) is 36.7 Å². The molecule has 0 saturated carbocycles. The molecule has 2 heterocycles. The van der Waals surface area contributed by atoms with E-state index in [0.717, 1.165) is 0 Å². The molecule has 1 aromatic carbocycles. The maximum atomic E-state index is 2.41. The number of aryl methyl sites for hydroxylation is 3. The first-order chi connectivity index (χ1) is 11.2. The van der Waals surface area contributed by atoms with Crippen LogP contribution in [0, 0.1) is 0 Å². The van der Waals surface area contributed by atoms with E-state index in [1.807, 2.05) is 0 Å². The minimum atomic E-state index is 1.18. The van der Waals surface area contributed by atoms with Gasteiger partial charge in [-0.15, -0.1) is 0 Å². The quantitative estimate of drug-likeness (QED) is 0.728. The minimum absolute atomic E-state index is 1.18. The predicted octanol–water partition coefficient (Wildman–Crippen LogP) is 3.77. The summed E-state index contributed by atoms with van der Waals surface area (Å²) >= 11 is 0. The molecule has 0 spiro atoms. The van der Waals surface area contributed by atoms with Gasteiger partial charge in [-0.3, -0.25) is 0 Å². The molecule has 0 radical (unpaired) electrons. The summed E-state index contributed by atoms with van der Waals surface area (Å²) in [7, 11) is 4.31. The van der Waals surface area contributed by atoms with Gasteiger partial charge in [0.1, 0.15) is 7.05 Å². The third-order valence-electron chi connectivity index (χ3n) is 5.22. The number of anilines is 1. The van der Waals surface area contributed by atoms with Crippen LogP contribution < -0.4 is 9.47 Å². The van der Waals surface area contributed by atoms with Crippen molar-refractivity contribution in [2.45, 2.75) is 32.1 Å². The number of hydrogen-bond donors (Lipinski definition) is 0. The number of rotatable bonds is 1. The zero-order valence-electron chi connectivity index (χ0n) is 14.2. The topological polar surface area (TPSA) is 7.12 Å². The van der Waals surface area contributed by atoms with Gasteiger partial charge in [0.05, 0.1) is 0 Å². The Morgan fingerprint density at radius 3 is 2.83 bits per heavy atom. The van der Waals surface area contributed by atoms with Crippen molar-refractivity contribution in [2.24, 2.45) is 7.05 Å². The van der Waals surface area contributed by atoms with Crippen LogP contribution >= 0.6 is 0 Å². The van der Waals surface area contributed by atoms with Crippen molar-refractivity contribution in [1.29, 1.82) is 0 Å². The lowest BCUT2D eigenvalue weighted by Crippen LogP contribution is -2.28. The van der Waals surface area contributed by atoms with Crippen molar-refractivity contribution in [3.05, 3.63) is 58.9 Å². The Morgan fingerprint density at radius 2 is 1.91 bits per heavy atom. The molecule has 0 bridgehead atoms. The van der Waals surface area contributed by atoms with Crippen LogP contribution in [0.5, 0.6) is 0 Å². The third kappa shape index (κ3) is 2.78. The van der Waals surface area contributed by atoms with Gasteiger partial charge >= 0.3 is 0 Å². The number of hydrogen-bond acceptors (Lipinski definition) is 1. The van der Waals surface area contributed by atoms with Crippen LogP contribution in [-0.2, 0) is 19.9 Å². The van der Waals surface area contributed by atoms with Crippen LogP contribution in [0.2, 0.25) is 0 Å². The lowest BCUT2D eigenvalue weighted by atomic mass is 9.87. The molecule has 2 aliphatic rings. The molecule has 0 atom stereocenters. The van der Waals surface area contributed by atoms with E-state index >= 15 is 0 Å². The van der Waals surface area contributed by atoms with Crippen molar-refractivity contribution >= 4 is 17.3 Å². The summed E-state index contributed by atoms with van der Waals surface area (Å²) in [5.41, 5.74) is 8.71. The average molecular weight is 305 g/mol. The Bertz CT molecular complexity index is 773. The number of nitrogens with zero attached hydrogens (tertiary/aromatic N) is 2. The number of fused-ring (bicyclic) bond motifs is 2. The smallest absolute Gasteiger partial charge is 0.172 e. The summed E-state index contributed by atoms with van der Waals surface area (Å²) in [6.07, 6.45) is 13.0.